The van der Waals surface area contributed by atoms with Gasteiger partial charge in [0.1, 0.15) is 5.82 Å². The average molecular weight is 301 g/mol. The van der Waals surface area contributed by atoms with Crippen molar-refractivity contribution in [2.45, 2.75) is 13.5 Å². The molecule has 0 spiro atoms. The van der Waals surface area contributed by atoms with Crippen molar-refractivity contribution in [3.8, 4) is 11.4 Å². The van der Waals surface area contributed by atoms with Gasteiger partial charge in [-0.2, -0.15) is 0 Å². The van der Waals surface area contributed by atoms with Gasteiger partial charge in [-0.25, -0.2) is 9.78 Å². The number of carboxylic acids is 1. The SMILES string of the molecule is CCn1c(-c2ccccc2C(=O)O)nc2cccc(Cl)c21. The largest absolute Gasteiger partial charge is 0.478 e. The Morgan fingerprint density at radius 3 is 2.71 bits per heavy atom. The summed E-state index contributed by atoms with van der Waals surface area (Å²) in [4.78, 5) is 16.0. The number of aromatic nitrogens is 2. The average Bonchev–Trinajstić information content (AvgIpc) is 2.87. The van der Waals surface area contributed by atoms with Crippen molar-refractivity contribution in [1.29, 1.82) is 0 Å². The van der Waals surface area contributed by atoms with E-state index in [-0.39, 0.29) is 5.56 Å². The Balaban J connectivity index is 2.36. The summed E-state index contributed by atoms with van der Waals surface area (Å²) in [5.74, 6) is -0.343. The van der Waals surface area contributed by atoms with E-state index in [0.29, 0.717) is 23.0 Å². The molecule has 0 unspecified atom stereocenters. The Morgan fingerprint density at radius 1 is 1.24 bits per heavy atom. The van der Waals surface area contributed by atoms with Crippen molar-refractivity contribution < 1.29 is 9.90 Å². The molecule has 1 N–H and O–H groups in total. The lowest BCUT2D eigenvalue weighted by atomic mass is 10.1. The molecule has 21 heavy (non-hydrogen) atoms. The summed E-state index contributed by atoms with van der Waals surface area (Å²) in [5, 5.41) is 9.97. The molecule has 0 fully saturated rings. The first kappa shape index (κ1) is 13.6. The minimum Gasteiger partial charge on any atom is -0.478 e. The third-order valence-electron chi connectivity index (χ3n) is 3.43. The smallest absolute Gasteiger partial charge is 0.336 e. The van der Waals surface area contributed by atoms with Crippen molar-refractivity contribution >= 4 is 28.6 Å². The highest BCUT2D eigenvalue weighted by Gasteiger charge is 2.18. The van der Waals surface area contributed by atoms with Gasteiger partial charge < -0.3 is 9.67 Å². The van der Waals surface area contributed by atoms with Gasteiger partial charge in [-0.1, -0.05) is 35.9 Å². The minimum atomic E-state index is -0.966. The number of aromatic carboxylic acids is 1. The highest BCUT2D eigenvalue weighted by molar-refractivity contribution is 6.35. The second-order valence-corrected chi connectivity index (χ2v) is 5.05. The molecule has 2 aromatic carbocycles. The van der Waals surface area contributed by atoms with Crippen LogP contribution >= 0.6 is 11.6 Å². The zero-order valence-corrected chi connectivity index (χ0v) is 12.1. The van der Waals surface area contributed by atoms with Crippen LogP contribution < -0.4 is 0 Å². The normalized spacial score (nSPS) is 11.0. The summed E-state index contributed by atoms with van der Waals surface area (Å²) in [6.45, 7) is 2.64. The number of nitrogens with zero attached hydrogens (tertiary/aromatic N) is 2. The molecule has 0 saturated carbocycles. The molecule has 0 saturated heterocycles. The number of hydrogen-bond acceptors (Lipinski definition) is 2. The van der Waals surface area contributed by atoms with Crippen LogP contribution in [0.5, 0.6) is 0 Å². The van der Waals surface area contributed by atoms with E-state index in [2.05, 4.69) is 4.98 Å². The summed E-state index contributed by atoms with van der Waals surface area (Å²) < 4.78 is 1.94. The quantitative estimate of drug-likeness (QED) is 0.793. The summed E-state index contributed by atoms with van der Waals surface area (Å²) in [6.07, 6.45) is 0. The number of carboxylic acid groups (broad SMARTS) is 1. The number of aryl methyl sites for hydroxylation is 1. The topological polar surface area (TPSA) is 55.1 Å². The highest BCUT2D eigenvalue weighted by atomic mass is 35.5. The Morgan fingerprint density at radius 2 is 2.00 bits per heavy atom. The standard InChI is InChI=1S/C16H13ClN2O2/c1-2-19-14-12(17)8-5-9-13(14)18-15(19)10-6-3-4-7-11(10)16(20)21/h3-9H,2H2,1H3,(H,20,21). The van der Waals surface area contributed by atoms with Crippen molar-refractivity contribution in [2.24, 2.45) is 0 Å². The van der Waals surface area contributed by atoms with E-state index < -0.39 is 5.97 Å². The second-order valence-electron chi connectivity index (χ2n) is 4.64. The number of imidazole rings is 1. The first-order chi connectivity index (χ1) is 10.1. The molecular formula is C16H13ClN2O2. The maximum atomic E-state index is 11.4. The molecule has 3 aromatic rings. The Labute approximate surface area is 126 Å². The third kappa shape index (κ3) is 2.17. The molecule has 0 atom stereocenters. The summed E-state index contributed by atoms with van der Waals surface area (Å²) >= 11 is 6.27. The predicted molar refractivity (Wildman–Crippen MR) is 82.8 cm³/mol. The van der Waals surface area contributed by atoms with Crippen LogP contribution in [0.15, 0.2) is 42.5 Å². The van der Waals surface area contributed by atoms with Gasteiger partial charge in [0.2, 0.25) is 0 Å². The first-order valence-electron chi connectivity index (χ1n) is 6.61. The molecular weight excluding hydrogens is 288 g/mol. The van der Waals surface area contributed by atoms with E-state index in [0.717, 1.165) is 11.0 Å². The van der Waals surface area contributed by atoms with Crippen molar-refractivity contribution in [3.63, 3.8) is 0 Å². The monoisotopic (exact) mass is 300 g/mol. The molecule has 0 radical (unpaired) electrons. The lowest BCUT2D eigenvalue weighted by molar-refractivity contribution is 0.0697. The second kappa shape index (κ2) is 5.22. The van der Waals surface area contributed by atoms with Crippen molar-refractivity contribution in [1.82, 2.24) is 9.55 Å². The van der Waals surface area contributed by atoms with Crippen LogP contribution in [-0.4, -0.2) is 20.6 Å². The van der Waals surface area contributed by atoms with E-state index >= 15 is 0 Å². The lowest BCUT2D eigenvalue weighted by Gasteiger charge is -2.09. The minimum absolute atomic E-state index is 0.235. The third-order valence-corrected chi connectivity index (χ3v) is 3.74. The summed E-state index contributed by atoms with van der Waals surface area (Å²) in [5.41, 5.74) is 2.43. The molecule has 4 nitrogen and oxygen atoms in total. The maximum Gasteiger partial charge on any atom is 0.336 e. The van der Waals surface area contributed by atoms with Crippen LogP contribution in [0.1, 0.15) is 17.3 Å². The summed E-state index contributed by atoms with van der Waals surface area (Å²) in [6, 6.07) is 12.4. The lowest BCUT2D eigenvalue weighted by Crippen LogP contribution is -2.04. The van der Waals surface area contributed by atoms with Gasteiger partial charge in [-0.15, -0.1) is 0 Å². The van der Waals surface area contributed by atoms with Crippen LogP contribution in [0.3, 0.4) is 0 Å². The fourth-order valence-corrected chi connectivity index (χ4v) is 2.79. The van der Waals surface area contributed by atoms with E-state index in [1.165, 1.54) is 0 Å². The molecule has 106 valence electrons. The Hall–Kier alpha value is -2.33. The maximum absolute atomic E-state index is 11.4. The number of rotatable bonds is 3. The van der Waals surface area contributed by atoms with Gasteiger partial charge in [-0.3, -0.25) is 0 Å². The molecule has 5 heteroatoms. The molecule has 3 rings (SSSR count). The van der Waals surface area contributed by atoms with Gasteiger partial charge >= 0.3 is 5.97 Å². The Bertz CT molecular complexity index is 839. The van der Waals surface area contributed by atoms with E-state index in [4.69, 9.17) is 11.6 Å². The van der Waals surface area contributed by atoms with Crippen LogP contribution in [0.4, 0.5) is 0 Å². The zero-order valence-electron chi connectivity index (χ0n) is 11.4. The Kier molecular flexibility index (Phi) is 3.39. The highest BCUT2D eigenvalue weighted by Crippen LogP contribution is 2.31. The molecule has 0 aliphatic heterocycles. The van der Waals surface area contributed by atoms with Crippen LogP contribution in [0.2, 0.25) is 5.02 Å². The van der Waals surface area contributed by atoms with Crippen LogP contribution in [-0.2, 0) is 6.54 Å². The number of benzene rings is 2. The molecule has 1 heterocycles. The first-order valence-corrected chi connectivity index (χ1v) is 6.98. The fraction of sp³-hybridized carbons (Fsp3) is 0.125. The molecule has 1 aromatic heterocycles. The number of hydrogen-bond donors (Lipinski definition) is 1. The van der Waals surface area contributed by atoms with Gasteiger partial charge in [0.15, 0.2) is 0 Å². The molecule has 0 aliphatic rings. The predicted octanol–water partition coefficient (Wildman–Crippen LogP) is 4.07. The number of halogens is 1. The molecule has 0 amide bonds. The van der Waals surface area contributed by atoms with Crippen LogP contribution in [0.25, 0.3) is 22.4 Å². The number of para-hydroxylation sites is 1. The van der Waals surface area contributed by atoms with Crippen LogP contribution in [0, 0.1) is 0 Å². The van der Waals surface area contributed by atoms with E-state index in [9.17, 15) is 9.90 Å². The van der Waals surface area contributed by atoms with Gasteiger partial charge in [0.25, 0.3) is 0 Å². The molecule has 0 aliphatic carbocycles. The number of carbonyl (C=O) groups is 1. The van der Waals surface area contributed by atoms with E-state index in [1.807, 2.05) is 35.8 Å². The van der Waals surface area contributed by atoms with Gasteiger partial charge in [0.05, 0.1) is 21.6 Å². The number of fused-ring (bicyclic) bond motifs is 1. The van der Waals surface area contributed by atoms with Crippen molar-refractivity contribution in [3.05, 3.63) is 53.1 Å². The fourth-order valence-electron chi connectivity index (χ4n) is 2.52. The summed E-state index contributed by atoms with van der Waals surface area (Å²) in [7, 11) is 0. The van der Waals surface area contributed by atoms with E-state index in [1.54, 1.807) is 18.2 Å². The zero-order chi connectivity index (χ0) is 15.0. The molecule has 0 bridgehead atoms. The van der Waals surface area contributed by atoms with Gasteiger partial charge in [0, 0.05) is 12.1 Å². The van der Waals surface area contributed by atoms with Crippen molar-refractivity contribution in [2.75, 3.05) is 0 Å². The van der Waals surface area contributed by atoms with Gasteiger partial charge in [-0.05, 0) is 25.1 Å².